The molecule has 0 aromatic carbocycles. The second-order valence-electron chi connectivity index (χ2n) is 6.05. The average molecular weight is 292 g/mol. The maximum absolute atomic E-state index is 9.16. The molecule has 5 heteroatoms. The largest absolute Gasteiger partial charge is 0.396 e. The van der Waals surface area contributed by atoms with E-state index in [1.54, 1.807) is 6.33 Å². The molecule has 118 valence electrons. The molecule has 1 heterocycles. The van der Waals surface area contributed by atoms with Crippen LogP contribution in [0.1, 0.15) is 51.5 Å². The van der Waals surface area contributed by atoms with Gasteiger partial charge in [0, 0.05) is 25.3 Å². The lowest BCUT2D eigenvalue weighted by molar-refractivity contribution is 0.253. The van der Waals surface area contributed by atoms with E-state index < -0.39 is 0 Å². The molecule has 1 aliphatic rings. The molecule has 1 fully saturated rings. The minimum Gasteiger partial charge on any atom is -0.396 e. The molecule has 0 unspecified atom stereocenters. The monoisotopic (exact) mass is 292 g/mol. The van der Waals surface area contributed by atoms with E-state index in [0.29, 0.717) is 5.41 Å². The number of aliphatic hydroxyl groups excluding tert-OH is 1. The third-order valence-corrected chi connectivity index (χ3v) is 4.22. The van der Waals surface area contributed by atoms with Crippen molar-refractivity contribution in [3.8, 4) is 0 Å². The Bertz CT molecular complexity index is 446. The molecule has 0 radical (unpaired) electrons. The van der Waals surface area contributed by atoms with E-state index >= 15 is 0 Å². The van der Waals surface area contributed by atoms with Gasteiger partial charge in [-0.15, -0.1) is 0 Å². The minimum absolute atomic E-state index is 0.274. The van der Waals surface area contributed by atoms with Crippen molar-refractivity contribution in [1.29, 1.82) is 0 Å². The molecule has 0 amide bonds. The number of aliphatic hydroxyl groups is 1. The third kappa shape index (κ3) is 4.30. The van der Waals surface area contributed by atoms with Crippen molar-refractivity contribution in [3.05, 3.63) is 11.9 Å². The first-order chi connectivity index (χ1) is 10.2. The summed E-state index contributed by atoms with van der Waals surface area (Å²) in [7, 11) is 0. The van der Waals surface area contributed by atoms with Gasteiger partial charge < -0.3 is 15.7 Å². The lowest BCUT2D eigenvalue weighted by Gasteiger charge is -2.18. The van der Waals surface area contributed by atoms with Crippen LogP contribution >= 0.6 is 0 Å². The van der Waals surface area contributed by atoms with Crippen molar-refractivity contribution in [2.75, 3.05) is 30.3 Å². The Labute approximate surface area is 127 Å². The normalized spacial score (nSPS) is 15.8. The van der Waals surface area contributed by atoms with E-state index in [-0.39, 0.29) is 6.61 Å². The molecule has 0 saturated heterocycles. The second kappa shape index (κ2) is 7.59. The van der Waals surface area contributed by atoms with Crippen molar-refractivity contribution in [1.82, 2.24) is 9.97 Å². The minimum atomic E-state index is 0.274. The Morgan fingerprint density at radius 3 is 2.43 bits per heavy atom. The molecule has 21 heavy (non-hydrogen) atoms. The van der Waals surface area contributed by atoms with E-state index in [2.05, 4.69) is 34.4 Å². The van der Waals surface area contributed by atoms with Gasteiger partial charge in [0.2, 0.25) is 0 Å². The van der Waals surface area contributed by atoms with Crippen LogP contribution in [0.15, 0.2) is 6.33 Å². The first-order valence-electron chi connectivity index (χ1n) is 8.17. The Balaban J connectivity index is 2.06. The lowest BCUT2D eigenvalue weighted by atomic mass is 10.0. The number of aromatic nitrogens is 2. The molecule has 0 bridgehead atoms. The van der Waals surface area contributed by atoms with Crippen LogP contribution in [-0.2, 0) is 6.42 Å². The van der Waals surface area contributed by atoms with Crippen LogP contribution in [0.5, 0.6) is 0 Å². The zero-order chi connectivity index (χ0) is 15.1. The quantitative estimate of drug-likeness (QED) is 0.618. The zero-order valence-corrected chi connectivity index (χ0v) is 13.3. The number of rotatable bonds is 10. The van der Waals surface area contributed by atoms with E-state index in [1.807, 2.05) is 0 Å². The molecule has 5 nitrogen and oxygen atoms in total. The van der Waals surface area contributed by atoms with Crippen molar-refractivity contribution < 1.29 is 5.11 Å². The number of anilines is 2. The number of hydrogen-bond donors (Lipinski definition) is 3. The van der Waals surface area contributed by atoms with Gasteiger partial charge in [0.05, 0.1) is 0 Å². The number of nitrogens with one attached hydrogen (secondary N) is 2. The molecule has 1 aromatic heterocycles. The fourth-order valence-electron chi connectivity index (χ4n) is 2.65. The Morgan fingerprint density at radius 2 is 1.86 bits per heavy atom. The van der Waals surface area contributed by atoms with Crippen LogP contribution in [0.25, 0.3) is 0 Å². The summed E-state index contributed by atoms with van der Waals surface area (Å²) in [5, 5.41) is 16.1. The van der Waals surface area contributed by atoms with Crippen molar-refractivity contribution >= 4 is 11.6 Å². The van der Waals surface area contributed by atoms with Crippen LogP contribution < -0.4 is 10.6 Å². The maximum atomic E-state index is 9.16. The van der Waals surface area contributed by atoms with Crippen LogP contribution in [0.4, 0.5) is 11.6 Å². The van der Waals surface area contributed by atoms with Gasteiger partial charge in [0.25, 0.3) is 0 Å². The predicted octanol–water partition coefficient (Wildman–Crippen LogP) is 2.83. The van der Waals surface area contributed by atoms with Crippen LogP contribution in [0, 0.1) is 5.41 Å². The Hall–Kier alpha value is -1.36. The van der Waals surface area contributed by atoms with E-state index in [4.69, 9.17) is 5.11 Å². The number of hydrogen-bond acceptors (Lipinski definition) is 5. The van der Waals surface area contributed by atoms with Gasteiger partial charge in [0.15, 0.2) is 0 Å². The first-order valence-corrected chi connectivity index (χ1v) is 8.17. The highest BCUT2D eigenvalue weighted by molar-refractivity contribution is 5.57. The molecular weight excluding hydrogens is 264 g/mol. The van der Waals surface area contributed by atoms with Crippen LogP contribution in [0.2, 0.25) is 0 Å². The highest BCUT2D eigenvalue weighted by Crippen LogP contribution is 2.48. The standard InChI is InChI=1S/C16H28N4O/c1-3-5-13-14(17-9-4-2)19-12-20-15(13)18-11-16(6-7-16)8-10-21/h12,21H,3-11H2,1-2H3,(H2,17,18,19,20). The van der Waals surface area contributed by atoms with Gasteiger partial charge in [-0.25, -0.2) is 9.97 Å². The fourth-order valence-corrected chi connectivity index (χ4v) is 2.65. The first kappa shape index (κ1) is 16.0. The summed E-state index contributed by atoms with van der Waals surface area (Å²) in [5.41, 5.74) is 1.48. The summed E-state index contributed by atoms with van der Waals surface area (Å²) in [6.45, 7) is 6.43. The summed E-state index contributed by atoms with van der Waals surface area (Å²) in [6, 6.07) is 0. The SMILES string of the molecule is CCCNc1ncnc(NCC2(CCO)CC2)c1CCC. The second-order valence-corrected chi connectivity index (χ2v) is 6.05. The molecule has 2 rings (SSSR count). The molecule has 1 aliphatic carbocycles. The van der Waals surface area contributed by atoms with Crippen LogP contribution in [-0.4, -0.2) is 34.8 Å². The average Bonchev–Trinajstić information content (AvgIpc) is 3.25. The van der Waals surface area contributed by atoms with Gasteiger partial charge in [-0.2, -0.15) is 0 Å². The summed E-state index contributed by atoms with van der Waals surface area (Å²) in [4.78, 5) is 8.82. The topological polar surface area (TPSA) is 70.1 Å². The lowest BCUT2D eigenvalue weighted by Crippen LogP contribution is -2.19. The highest BCUT2D eigenvalue weighted by Gasteiger charge is 2.41. The van der Waals surface area contributed by atoms with E-state index in [1.165, 1.54) is 18.4 Å². The number of nitrogens with zero attached hydrogens (tertiary/aromatic N) is 2. The molecule has 1 aromatic rings. The van der Waals surface area contributed by atoms with Crippen molar-refractivity contribution in [2.45, 2.75) is 52.4 Å². The maximum Gasteiger partial charge on any atom is 0.134 e. The molecule has 3 N–H and O–H groups in total. The van der Waals surface area contributed by atoms with Gasteiger partial charge in [0.1, 0.15) is 18.0 Å². The van der Waals surface area contributed by atoms with Gasteiger partial charge in [-0.3, -0.25) is 0 Å². The van der Waals surface area contributed by atoms with Gasteiger partial charge in [-0.1, -0.05) is 20.3 Å². The molecule has 0 aliphatic heterocycles. The highest BCUT2D eigenvalue weighted by atomic mass is 16.3. The van der Waals surface area contributed by atoms with Crippen molar-refractivity contribution in [2.24, 2.45) is 5.41 Å². The van der Waals surface area contributed by atoms with Crippen LogP contribution in [0.3, 0.4) is 0 Å². The van der Waals surface area contributed by atoms with Gasteiger partial charge in [-0.05, 0) is 37.5 Å². The Kier molecular flexibility index (Phi) is 5.79. The third-order valence-electron chi connectivity index (χ3n) is 4.22. The Morgan fingerprint density at radius 1 is 1.14 bits per heavy atom. The van der Waals surface area contributed by atoms with Crippen molar-refractivity contribution in [3.63, 3.8) is 0 Å². The summed E-state index contributed by atoms with van der Waals surface area (Å²) < 4.78 is 0. The van der Waals surface area contributed by atoms with Gasteiger partial charge >= 0.3 is 0 Å². The summed E-state index contributed by atoms with van der Waals surface area (Å²) in [6.07, 6.45) is 8.05. The van der Waals surface area contributed by atoms with E-state index in [9.17, 15) is 0 Å². The predicted molar refractivity (Wildman–Crippen MR) is 86.7 cm³/mol. The molecule has 0 spiro atoms. The summed E-state index contributed by atoms with van der Waals surface area (Å²) >= 11 is 0. The summed E-state index contributed by atoms with van der Waals surface area (Å²) in [5.74, 6) is 1.91. The van der Waals surface area contributed by atoms with E-state index in [0.717, 1.165) is 50.4 Å². The molecule has 1 saturated carbocycles. The fraction of sp³-hybridized carbons (Fsp3) is 0.750. The smallest absolute Gasteiger partial charge is 0.134 e. The molecule has 0 atom stereocenters. The molecular formula is C16H28N4O. The zero-order valence-electron chi connectivity index (χ0n) is 13.3.